The van der Waals surface area contributed by atoms with Gasteiger partial charge in [-0.1, -0.05) is 50.1 Å². The maximum absolute atomic E-state index is 13.9. The SMILES string of the molecule is C=CCN(C(=O)OC(C)(C)C)C(=O)[C@H](CC(=C)C)N(CCC(C)(C)C)S(=O)(=O)c1ccc(C)cc1. The number of carbonyl (C=O) groups is 2. The number of carbonyl (C=O) groups excluding carboxylic acids is 2. The number of sulfonamides is 1. The van der Waals surface area contributed by atoms with Crippen molar-refractivity contribution in [3.63, 3.8) is 0 Å². The van der Waals surface area contributed by atoms with Crippen LogP contribution in [0.25, 0.3) is 0 Å². The number of imide groups is 1. The summed E-state index contributed by atoms with van der Waals surface area (Å²) in [5.41, 5.74) is 0.512. The van der Waals surface area contributed by atoms with E-state index in [1.807, 2.05) is 27.7 Å². The van der Waals surface area contributed by atoms with Crippen molar-refractivity contribution in [2.45, 2.75) is 84.8 Å². The molecular formula is C27H42N2O5S. The maximum Gasteiger partial charge on any atom is 0.417 e. The quantitative estimate of drug-likeness (QED) is 0.380. The fraction of sp³-hybridized carbons (Fsp3) is 0.556. The van der Waals surface area contributed by atoms with Gasteiger partial charge >= 0.3 is 6.09 Å². The Kier molecular flexibility index (Phi) is 10.5. The zero-order valence-corrected chi connectivity index (χ0v) is 23.4. The van der Waals surface area contributed by atoms with Crippen molar-refractivity contribution in [1.29, 1.82) is 0 Å². The van der Waals surface area contributed by atoms with E-state index in [1.54, 1.807) is 39.8 Å². The Labute approximate surface area is 211 Å². The molecule has 0 aliphatic carbocycles. The van der Waals surface area contributed by atoms with Crippen LogP contribution < -0.4 is 0 Å². The van der Waals surface area contributed by atoms with Crippen molar-refractivity contribution >= 4 is 22.0 Å². The largest absolute Gasteiger partial charge is 0.443 e. The summed E-state index contributed by atoms with van der Waals surface area (Å²) in [4.78, 5) is 27.8. The Bertz CT molecular complexity index is 1020. The number of hydrogen-bond acceptors (Lipinski definition) is 5. The minimum Gasteiger partial charge on any atom is -0.443 e. The Balaban J connectivity index is 3.63. The van der Waals surface area contributed by atoms with Crippen LogP contribution in [-0.4, -0.2) is 54.4 Å². The van der Waals surface area contributed by atoms with Crippen molar-refractivity contribution in [1.82, 2.24) is 9.21 Å². The number of amides is 2. The van der Waals surface area contributed by atoms with E-state index in [4.69, 9.17) is 4.74 Å². The second-order valence-electron chi connectivity index (χ2n) is 11.1. The minimum absolute atomic E-state index is 0.0600. The van der Waals surface area contributed by atoms with Gasteiger partial charge in [-0.2, -0.15) is 4.31 Å². The summed E-state index contributed by atoms with van der Waals surface area (Å²) in [6.07, 6.45) is 1.13. The number of hydrogen-bond donors (Lipinski definition) is 0. The van der Waals surface area contributed by atoms with Crippen LogP contribution in [0.4, 0.5) is 4.79 Å². The average molecular weight is 507 g/mol. The highest BCUT2D eigenvalue weighted by molar-refractivity contribution is 7.89. The molecule has 8 heteroatoms. The lowest BCUT2D eigenvalue weighted by atomic mass is 9.92. The molecule has 1 aromatic rings. The molecule has 196 valence electrons. The molecule has 2 amide bonds. The molecule has 1 aromatic carbocycles. The molecule has 0 radical (unpaired) electrons. The fourth-order valence-electron chi connectivity index (χ4n) is 3.26. The van der Waals surface area contributed by atoms with E-state index >= 15 is 0 Å². The van der Waals surface area contributed by atoms with Gasteiger partial charge in [0.2, 0.25) is 10.0 Å². The first-order chi connectivity index (χ1) is 15.9. The normalized spacial score (nSPS) is 13.3. The fourth-order valence-corrected chi connectivity index (χ4v) is 4.84. The average Bonchev–Trinajstić information content (AvgIpc) is 2.68. The summed E-state index contributed by atoms with van der Waals surface area (Å²) in [5.74, 6) is -0.674. The third-order valence-electron chi connectivity index (χ3n) is 5.08. The standard InChI is InChI=1S/C27H42N2O5S/c1-11-17-28(25(31)34-27(8,9)10)24(30)23(19-20(2)3)29(18-16-26(5,6)7)35(32,33)22-14-12-21(4)13-15-22/h11-15,23H,1-2,16-19H2,3-10H3/t23-/m0/s1. The summed E-state index contributed by atoms with van der Waals surface area (Å²) >= 11 is 0. The first kappa shape index (κ1) is 30.6. The zero-order valence-electron chi connectivity index (χ0n) is 22.6. The second kappa shape index (κ2) is 12.0. The van der Waals surface area contributed by atoms with Crippen LogP contribution in [0, 0.1) is 12.3 Å². The van der Waals surface area contributed by atoms with Gasteiger partial charge in [0.1, 0.15) is 11.6 Å². The van der Waals surface area contributed by atoms with Crippen LogP contribution >= 0.6 is 0 Å². The summed E-state index contributed by atoms with van der Waals surface area (Å²) in [7, 11) is -4.07. The number of rotatable bonds is 10. The Morgan fingerprint density at radius 1 is 1.09 bits per heavy atom. The van der Waals surface area contributed by atoms with E-state index in [1.165, 1.54) is 22.5 Å². The lowest BCUT2D eigenvalue weighted by Crippen LogP contribution is -2.54. The van der Waals surface area contributed by atoms with Gasteiger partial charge in [-0.25, -0.2) is 18.1 Å². The summed E-state index contributed by atoms with van der Waals surface area (Å²) in [6, 6.07) is 5.33. The molecular weight excluding hydrogens is 464 g/mol. The van der Waals surface area contributed by atoms with Gasteiger partial charge in [0.25, 0.3) is 5.91 Å². The number of aryl methyl sites for hydroxylation is 1. The van der Waals surface area contributed by atoms with Crippen molar-refractivity contribution < 1.29 is 22.7 Å². The Morgan fingerprint density at radius 2 is 1.63 bits per heavy atom. The van der Waals surface area contributed by atoms with E-state index in [2.05, 4.69) is 13.2 Å². The number of benzene rings is 1. The Hall–Kier alpha value is -2.45. The van der Waals surface area contributed by atoms with Crippen LogP contribution in [0.5, 0.6) is 0 Å². The smallest absolute Gasteiger partial charge is 0.417 e. The van der Waals surface area contributed by atoms with Crippen molar-refractivity contribution in [3.05, 3.63) is 54.6 Å². The number of ether oxygens (including phenoxy) is 1. The second-order valence-corrected chi connectivity index (χ2v) is 13.0. The monoisotopic (exact) mass is 506 g/mol. The van der Waals surface area contributed by atoms with Gasteiger partial charge in [-0.05, 0) is 65.0 Å². The van der Waals surface area contributed by atoms with Crippen LogP contribution in [0.1, 0.15) is 66.9 Å². The summed E-state index contributed by atoms with van der Waals surface area (Å²) in [6.45, 7) is 22.3. The predicted molar refractivity (Wildman–Crippen MR) is 141 cm³/mol. The zero-order chi connectivity index (χ0) is 27.2. The predicted octanol–water partition coefficient (Wildman–Crippen LogP) is 5.71. The van der Waals surface area contributed by atoms with Gasteiger partial charge in [-0.15, -0.1) is 13.2 Å². The van der Waals surface area contributed by atoms with Crippen LogP contribution in [0.3, 0.4) is 0 Å². The molecule has 0 aliphatic rings. The first-order valence-corrected chi connectivity index (χ1v) is 13.2. The first-order valence-electron chi connectivity index (χ1n) is 11.8. The molecule has 0 saturated carbocycles. The molecule has 7 nitrogen and oxygen atoms in total. The minimum atomic E-state index is -4.07. The molecule has 35 heavy (non-hydrogen) atoms. The third kappa shape index (κ3) is 9.61. The highest BCUT2D eigenvalue weighted by Crippen LogP contribution is 2.28. The van der Waals surface area contributed by atoms with Gasteiger partial charge in [0.15, 0.2) is 0 Å². The van der Waals surface area contributed by atoms with Crippen molar-refractivity contribution in [3.8, 4) is 0 Å². The molecule has 0 fully saturated rings. The molecule has 1 rings (SSSR count). The van der Waals surface area contributed by atoms with E-state index in [0.717, 1.165) is 10.5 Å². The van der Waals surface area contributed by atoms with Crippen molar-refractivity contribution in [2.24, 2.45) is 5.41 Å². The molecule has 1 atom stereocenters. The lowest BCUT2D eigenvalue weighted by molar-refractivity contribution is -0.134. The molecule has 0 spiro atoms. The van der Waals surface area contributed by atoms with E-state index in [9.17, 15) is 18.0 Å². The molecule has 0 unspecified atom stereocenters. The maximum atomic E-state index is 13.9. The van der Waals surface area contributed by atoms with Gasteiger partial charge in [-0.3, -0.25) is 4.79 Å². The Morgan fingerprint density at radius 3 is 2.06 bits per heavy atom. The molecule has 0 saturated heterocycles. The molecule has 0 heterocycles. The van der Waals surface area contributed by atoms with Crippen molar-refractivity contribution in [2.75, 3.05) is 13.1 Å². The topological polar surface area (TPSA) is 84.0 Å². The highest BCUT2D eigenvalue weighted by atomic mass is 32.2. The van der Waals surface area contributed by atoms with Crippen LogP contribution in [0.15, 0.2) is 54.0 Å². The number of nitrogens with zero attached hydrogens (tertiary/aromatic N) is 2. The van der Waals surface area contributed by atoms with Gasteiger partial charge < -0.3 is 4.74 Å². The van der Waals surface area contributed by atoms with Gasteiger partial charge in [0.05, 0.1) is 4.90 Å². The lowest BCUT2D eigenvalue weighted by Gasteiger charge is -2.35. The molecule has 0 aliphatic heterocycles. The third-order valence-corrected chi connectivity index (χ3v) is 7.00. The molecule has 0 bridgehead atoms. The van der Waals surface area contributed by atoms with E-state index in [0.29, 0.717) is 12.0 Å². The van der Waals surface area contributed by atoms with Crippen LogP contribution in [0.2, 0.25) is 0 Å². The molecule has 0 aromatic heterocycles. The summed E-state index contributed by atoms with van der Waals surface area (Å²) in [5, 5.41) is 0. The van der Waals surface area contributed by atoms with Gasteiger partial charge in [0, 0.05) is 13.1 Å². The van der Waals surface area contributed by atoms with E-state index < -0.39 is 33.7 Å². The summed E-state index contributed by atoms with van der Waals surface area (Å²) < 4.78 is 34.4. The molecule has 0 N–H and O–H groups in total. The highest BCUT2D eigenvalue weighted by Gasteiger charge is 2.40. The van der Waals surface area contributed by atoms with Crippen LogP contribution in [-0.2, 0) is 19.6 Å². The van der Waals surface area contributed by atoms with E-state index in [-0.39, 0.29) is 29.8 Å².